The fourth-order valence-corrected chi connectivity index (χ4v) is 1.78. The van der Waals surface area contributed by atoms with Crippen molar-refractivity contribution in [1.82, 2.24) is 0 Å². The molecule has 0 atom stereocenters. The van der Waals surface area contributed by atoms with E-state index in [4.69, 9.17) is 5.11 Å². The van der Waals surface area contributed by atoms with Crippen LogP contribution >= 0.6 is 0 Å². The molecule has 1 N–H and O–H groups in total. The molecule has 0 spiro atoms. The summed E-state index contributed by atoms with van der Waals surface area (Å²) in [6, 6.07) is 8.41. The summed E-state index contributed by atoms with van der Waals surface area (Å²) in [6.45, 7) is 0.156. The second-order valence-electron chi connectivity index (χ2n) is 3.07. The number of hydrogen-bond donors (Lipinski definition) is 1. The summed E-state index contributed by atoms with van der Waals surface area (Å²) in [7, 11) is 0. The third-order valence-electron chi connectivity index (χ3n) is 2.36. The van der Waals surface area contributed by atoms with E-state index < -0.39 is 0 Å². The van der Waals surface area contributed by atoms with E-state index in [1.165, 1.54) is 16.7 Å². The fraction of sp³-hybridized carbons (Fsp3) is 0.273. The first-order valence-corrected chi connectivity index (χ1v) is 4.30. The molecule has 1 aromatic rings. The molecule has 0 amide bonds. The second-order valence-corrected chi connectivity index (χ2v) is 3.07. The number of allylic oxidation sites excluding steroid dienone is 1. The fourth-order valence-electron chi connectivity index (χ4n) is 1.78. The Kier molecular flexibility index (Phi) is 1.96. The normalized spacial score (nSPS) is 18.2. The maximum Gasteiger partial charge on any atom is 0.0618 e. The van der Waals surface area contributed by atoms with Gasteiger partial charge in [0, 0.05) is 0 Å². The van der Waals surface area contributed by atoms with E-state index in [2.05, 4.69) is 24.3 Å². The van der Waals surface area contributed by atoms with Crippen LogP contribution in [-0.2, 0) is 6.42 Å². The van der Waals surface area contributed by atoms with E-state index in [0.717, 1.165) is 12.8 Å². The van der Waals surface area contributed by atoms with Crippen LogP contribution in [0, 0.1) is 0 Å². The van der Waals surface area contributed by atoms with E-state index in [0.29, 0.717) is 0 Å². The van der Waals surface area contributed by atoms with Gasteiger partial charge in [-0.15, -0.1) is 0 Å². The first kappa shape index (κ1) is 7.56. The molecule has 2 rings (SSSR count). The van der Waals surface area contributed by atoms with Crippen LogP contribution in [0.4, 0.5) is 0 Å². The zero-order valence-electron chi connectivity index (χ0n) is 6.96. The first-order valence-electron chi connectivity index (χ1n) is 4.30. The smallest absolute Gasteiger partial charge is 0.0618 e. The predicted molar refractivity (Wildman–Crippen MR) is 49.8 cm³/mol. The lowest BCUT2D eigenvalue weighted by Gasteiger charge is -1.98. The van der Waals surface area contributed by atoms with E-state index >= 15 is 0 Å². The summed E-state index contributed by atoms with van der Waals surface area (Å²) in [4.78, 5) is 0. The lowest BCUT2D eigenvalue weighted by molar-refractivity contribution is 0.343. The molecule has 0 unspecified atom stereocenters. The maximum absolute atomic E-state index is 8.78. The Morgan fingerprint density at radius 1 is 1.25 bits per heavy atom. The van der Waals surface area contributed by atoms with Gasteiger partial charge in [-0.05, 0) is 29.5 Å². The first-order chi connectivity index (χ1) is 5.92. The van der Waals surface area contributed by atoms with Gasteiger partial charge in [0.05, 0.1) is 6.61 Å². The molecule has 1 nitrogen and oxygen atoms in total. The van der Waals surface area contributed by atoms with Crippen molar-refractivity contribution in [2.45, 2.75) is 12.8 Å². The zero-order chi connectivity index (χ0) is 8.39. The Balaban J connectivity index is 2.43. The van der Waals surface area contributed by atoms with Gasteiger partial charge in [0.2, 0.25) is 0 Å². The largest absolute Gasteiger partial charge is 0.392 e. The minimum atomic E-state index is 0.156. The van der Waals surface area contributed by atoms with Crippen LogP contribution in [-0.4, -0.2) is 11.7 Å². The summed E-state index contributed by atoms with van der Waals surface area (Å²) in [5.74, 6) is 0. The summed E-state index contributed by atoms with van der Waals surface area (Å²) < 4.78 is 0. The number of aliphatic hydroxyl groups is 1. The van der Waals surface area contributed by atoms with Crippen LogP contribution in [0.25, 0.3) is 5.57 Å². The van der Waals surface area contributed by atoms with Gasteiger partial charge < -0.3 is 5.11 Å². The molecule has 1 aliphatic carbocycles. The van der Waals surface area contributed by atoms with Gasteiger partial charge in [-0.1, -0.05) is 30.3 Å². The Hall–Kier alpha value is -1.08. The molecule has 0 saturated carbocycles. The molecule has 1 heteroatoms. The van der Waals surface area contributed by atoms with Crippen molar-refractivity contribution in [3.05, 3.63) is 41.5 Å². The van der Waals surface area contributed by atoms with Crippen molar-refractivity contribution in [2.75, 3.05) is 6.61 Å². The number of aryl methyl sites for hydroxylation is 1. The zero-order valence-corrected chi connectivity index (χ0v) is 6.96. The number of aliphatic hydroxyl groups excluding tert-OH is 1. The minimum absolute atomic E-state index is 0.156. The van der Waals surface area contributed by atoms with Crippen molar-refractivity contribution >= 4 is 5.57 Å². The Morgan fingerprint density at radius 2 is 2.08 bits per heavy atom. The third kappa shape index (κ3) is 1.16. The van der Waals surface area contributed by atoms with E-state index in [1.54, 1.807) is 0 Å². The SMILES string of the molecule is OCC=C1CCc2ccccc21. The minimum Gasteiger partial charge on any atom is -0.392 e. The highest BCUT2D eigenvalue weighted by Crippen LogP contribution is 2.31. The highest BCUT2D eigenvalue weighted by Gasteiger charge is 2.13. The lowest BCUT2D eigenvalue weighted by Crippen LogP contribution is -1.80. The van der Waals surface area contributed by atoms with Gasteiger partial charge in [0.15, 0.2) is 0 Å². The Labute approximate surface area is 72.4 Å². The van der Waals surface area contributed by atoms with E-state index in [1.807, 2.05) is 6.08 Å². The molecule has 0 aromatic heterocycles. The number of benzene rings is 1. The van der Waals surface area contributed by atoms with Crippen LogP contribution < -0.4 is 0 Å². The second kappa shape index (κ2) is 3.11. The van der Waals surface area contributed by atoms with Crippen LogP contribution in [0.15, 0.2) is 30.3 Å². The predicted octanol–water partition coefficient (Wildman–Crippen LogP) is 2.01. The molecule has 1 aromatic carbocycles. The molecule has 0 aliphatic heterocycles. The summed E-state index contributed by atoms with van der Waals surface area (Å²) in [5, 5.41) is 8.78. The monoisotopic (exact) mass is 160 g/mol. The summed E-state index contributed by atoms with van der Waals surface area (Å²) in [5.41, 5.74) is 4.04. The van der Waals surface area contributed by atoms with Gasteiger partial charge in [-0.2, -0.15) is 0 Å². The van der Waals surface area contributed by atoms with Crippen LogP contribution in [0.1, 0.15) is 17.5 Å². The average Bonchev–Trinajstić information content (AvgIpc) is 2.50. The molecule has 0 radical (unpaired) electrons. The van der Waals surface area contributed by atoms with Crippen molar-refractivity contribution < 1.29 is 5.11 Å². The lowest BCUT2D eigenvalue weighted by atomic mass is 10.1. The van der Waals surface area contributed by atoms with Gasteiger partial charge >= 0.3 is 0 Å². The standard InChI is InChI=1S/C11H12O/c12-8-7-10-6-5-9-3-1-2-4-11(9)10/h1-4,7,12H,5-6,8H2. The highest BCUT2D eigenvalue weighted by atomic mass is 16.2. The van der Waals surface area contributed by atoms with Crippen LogP contribution in [0.2, 0.25) is 0 Å². The van der Waals surface area contributed by atoms with Crippen molar-refractivity contribution in [3.8, 4) is 0 Å². The van der Waals surface area contributed by atoms with Crippen LogP contribution in [0.3, 0.4) is 0 Å². The van der Waals surface area contributed by atoms with E-state index in [-0.39, 0.29) is 6.61 Å². The Bertz CT molecular complexity index is 313. The third-order valence-corrected chi connectivity index (χ3v) is 2.36. The molecule has 1 aliphatic rings. The van der Waals surface area contributed by atoms with Crippen LogP contribution in [0.5, 0.6) is 0 Å². The molecule has 62 valence electrons. The number of fused-ring (bicyclic) bond motifs is 1. The topological polar surface area (TPSA) is 20.2 Å². The molecule has 12 heavy (non-hydrogen) atoms. The molecular weight excluding hydrogens is 148 g/mol. The molecule has 0 bridgehead atoms. The molecule has 0 heterocycles. The van der Waals surface area contributed by atoms with Gasteiger partial charge in [-0.3, -0.25) is 0 Å². The van der Waals surface area contributed by atoms with Crippen molar-refractivity contribution in [3.63, 3.8) is 0 Å². The maximum atomic E-state index is 8.78. The Morgan fingerprint density at radius 3 is 2.92 bits per heavy atom. The average molecular weight is 160 g/mol. The van der Waals surface area contributed by atoms with Crippen molar-refractivity contribution in [1.29, 1.82) is 0 Å². The van der Waals surface area contributed by atoms with E-state index in [9.17, 15) is 0 Å². The number of hydrogen-bond acceptors (Lipinski definition) is 1. The quantitative estimate of drug-likeness (QED) is 0.666. The summed E-state index contributed by atoms with van der Waals surface area (Å²) in [6.07, 6.45) is 4.12. The molecule has 0 fully saturated rings. The van der Waals surface area contributed by atoms with Gasteiger partial charge in [-0.25, -0.2) is 0 Å². The highest BCUT2D eigenvalue weighted by molar-refractivity contribution is 5.72. The molecule has 0 saturated heterocycles. The van der Waals surface area contributed by atoms with Gasteiger partial charge in [0.25, 0.3) is 0 Å². The summed E-state index contributed by atoms with van der Waals surface area (Å²) >= 11 is 0. The number of rotatable bonds is 1. The van der Waals surface area contributed by atoms with Crippen molar-refractivity contribution in [2.24, 2.45) is 0 Å². The van der Waals surface area contributed by atoms with Gasteiger partial charge in [0.1, 0.15) is 0 Å². The molecular formula is C11H12O.